The van der Waals surface area contributed by atoms with Gasteiger partial charge in [0.2, 0.25) is 23.6 Å². The Labute approximate surface area is 227 Å². The Hall–Kier alpha value is -3.93. The molecule has 1 aromatic carbocycles. The molecule has 12 heteroatoms. The number of primary amides is 1. The van der Waals surface area contributed by atoms with Crippen molar-refractivity contribution < 1.29 is 29.1 Å². The van der Waals surface area contributed by atoms with Crippen LogP contribution < -0.4 is 27.4 Å². The monoisotopic (exact) mass is 544 g/mol. The van der Waals surface area contributed by atoms with E-state index in [2.05, 4.69) is 20.9 Å². The van der Waals surface area contributed by atoms with Crippen LogP contribution >= 0.6 is 0 Å². The van der Waals surface area contributed by atoms with Gasteiger partial charge in [0, 0.05) is 23.5 Å². The summed E-state index contributed by atoms with van der Waals surface area (Å²) < 4.78 is 0. The van der Waals surface area contributed by atoms with Gasteiger partial charge in [0.1, 0.15) is 18.1 Å². The van der Waals surface area contributed by atoms with Crippen molar-refractivity contribution in [1.29, 1.82) is 0 Å². The molecule has 0 spiro atoms. The summed E-state index contributed by atoms with van der Waals surface area (Å²) in [6.45, 7) is 7.15. The van der Waals surface area contributed by atoms with Crippen LogP contribution in [0.25, 0.3) is 10.9 Å². The zero-order chi connectivity index (χ0) is 29.3. The van der Waals surface area contributed by atoms with Crippen molar-refractivity contribution in [2.75, 3.05) is 0 Å². The number of benzene rings is 1. The van der Waals surface area contributed by atoms with Gasteiger partial charge in [0.05, 0.1) is 12.5 Å². The second-order valence-corrected chi connectivity index (χ2v) is 9.98. The summed E-state index contributed by atoms with van der Waals surface area (Å²) in [5.41, 5.74) is 12.8. The maximum atomic E-state index is 13.4. The van der Waals surface area contributed by atoms with Crippen molar-refractivity contribution in [3.05, 3.63) is 36.0 Å². The van der Waals surface area contributed by atoms with E-state index < -0.39 is 60.2 Å². The topological polar surface area (TPSA) is 209 Å². The number of carbonyl (C=O) groups excluding carboxylic acids is 4. The number of aromatic nitrogens is 1. The summed E-state index contributed by atoms with van der Waals surface area (Å²) in [5, 5.41) is 18.1. The highest BCUT2D eigenvalue weighted by Gasteiger charge is 2.33. The highest BCUT2D eigenvalue weighted by Crippen LogP contribution is 2.20. The van der Waals surface area contributed by atoms with E-state index in [9.17, 15) is 29.1 Å². The van der Waals surface area contributed by atoms with Crippen molar-refractivity contribution in [1.82, 2.24) is 20.9 Å². The number of fused-ring (bicyclic) bond motifs is 1. The van der Waals surface area contributed by atoms with Crippen molar-refractivity contribution in [2.24, 2.45) is 23.3 Å². The minimum atomic E-state index is -1.38. The van der Waals surface area contributed by atoms with Gasteiger partial charge in [0.25, 0.3) is 0 Å². The van der Waals surface area contributed by atoms with Crippen LogP contribution in [0.4, 0.5) is 0 Å². The number of rotatable bonds is 15. The molecule has 6 unspecified atom stereocenters. The van der Waals surface area contributed by atoms with Gasteiger partial charge in [-0.15, -0.1) is 0 Å². The lowest BCUT2D eigenvalue weighted by molar-refractivity contribution is -0.144. The van der Waals surface area contributed by atoms with Crippen LogP contribution in [0.3, 0.4) is 0 Å². The van der Waals surface area contributed by atoms with Gasteiger partial charge in [-0.25, -0.2) is 4.79 Å². The number of carbonyl (C=O) groups is 5. The number of H-pyrrole nitrogens is 1. The molecule has 12 nitrogen and oxygen atoms in total. The zero-order valence-corrected chi connectivity index (χ0v) is 22.8. The number of hydrogen-bond acceptors (Lipinski definition) is 6. The van der Waals surface area contributed by atoms with E-state index in [0.29, 0.717) is 18.4 Å². The van der Waals surface area contributed by atoms with Crippen molar-refractivity contribution >= 4 is 40.5 Å². The summed E-state index contributed by atoms with van der Waals surface area (Å²) in [4.78, 5) is 66.0. The minimum Gasteiger partial charge on any atom is -0.480 e. The first-order valence-corrected chi connectivity index (χ1v) is 13.1. The minimum absolute atomic E-state index is 0.0120. The van der Waals surface area contributed by atoms with E-state index in [1.165, 1.54) is 0 Å². The fourth-order valence-electron chi connectivity index (χ4n) is 4.13. The third-order valence-electron chi connectivity index (χ3n) is 7.11. The highest BCUT2D eigenvalue weighted by atomic mass is 16.4. The molecule has 1 heterocycles. The summed E-state index contributed by atoms with van der Waals surface area (Å²) in [6, 6.07) is 2.68. The summed E-state index contributed by atoms with van der Waals surface area (Å²) >= 11 is 0. The lowest BCUT2D eigenvalue weighted by Crippen LogP contribution is -2.59. The van der Waals surface area contributed by atoms with Gasteiger partial charge >= 0.3 is 5.97 Å². The Morgan fingerprint density at radius 3 is 2.08 bits per heavy atom. The number of aliphatic carboxylic acids is 1. The van der Waals surface area contributed by atoms with Gasteiger partial charge in [-0.05, 0) is 23.5 Å². The molecule has 0 aliphatic heterocycles. The first-order chi connectivity index (χ1) is 18.4. The fraction of sp³-hybridized carbons (Fsp3) is 0.519. The lowest BCUT2D eigenvalue weighted by atomic mass is 9.97. The van der Waals surface area contributed by atoms with E-state index in [4.69, 9.17) is 11.5 Å². The number of para-hydroxylation sites is 1. The highest BCUT2D eigenvalue weighted by molar-refractivity contribution is 5.96. The molecule has 0 radical (unpaired) electrons. The maximum absolute atomic E-state index is 13.4. The molecule has 39 heavy (non-hydrogen) atoms. The van der Waals surface area contributed by atoms with Gasteiger partial charge in [-0.2, -0.15) is 0 Å². The third kappa shape index (κ3) is 8.54. The fourth-order valence-corrected chi connectivity index (χ4v) is 4.13. The molecule has 0 saturated heterocycles. The molecule has 0 aliphatic rings. The Morgan fingerprint density at radius 1 is 0.897 bits per heavy atom. The SMILES string of the molecule is CCC(C)C(N)C(=O)NC(CC(N)=O)C(=O)NC(Cc1c[nH]c2ccccc12)C(=O)NC(C(=O)O)C(C)CC. The van der Waals surface area contributed by atoms with E-state index >= 15 is 0 Å². The molecule has 0 aliphatic carbocycles. The molecular formula is C27H40N6O6. The Balaban J connectivity index is 2.36. The predicted octanol–water partition coefficient (Wildman–Crippen LogP) is 0.544. The molecule has 0 fully saturated rings. The van der Waals surface area contributed by atoms with Crippen LogP contribution in [0.1, 0.15) is 52.5 Å². The van der Waals surface area contributed by atoms with Crippen LogP contribution in [0.5, 0.6) is 0 Å². The average Bonchev–Trinajstić information content (AvgIpc) is 3.31. The van der Waals surface area contributed by atoms with E-state index in [0.717, 1.165) is 10.9 Å². The number of carboxylic acid groups (broad SMARTS) is 1. The van der Waals surface area contributed by atoms with E-state index in [1.807, 2.05) is 31.2 Å². The molecule has 6 atom stereocenters. The predicted molar refractivity (Wildman–Crippen MR) is 146 cm³/mol. The zero-order valence-electron chi connectivity index (χ0n) is 22.8. The number of aromatic amines is 1. The summed E-state index contributed by atoms with van der Waals surface area (Å²) in [6.07, 6.45) is 2.32. The first-order valence-electron chi connectivity index (χ1n) is 13.1. The number of amides is 4. The number of nitrogens with one attached hydrogen (secondary N) is 4. The molecule has 2 rings (SSSR count). The largest absolute Gasteiger partial charge is 0.480 e. The number of hydrogen-bond donors (Lipinski definition) is 7. The Bertz CT molecular complexity index is 1180. The standard InChI is InChI=1S/C27H40N6O6/c1-5-14(3)22(29)26(37)32-20(12-21(28)34)24(35)31-19(25(36)33-23(27(38)39)15(4)6-2)11-16-13-30-18-10-8-7-9-17(16)18/h7-10,13-15,19-20,22-23,30H,5-6,11-12,29H2,1-4H3,(H2,28,34)(H,31,35)(H,32,37)(H,33,36)(H,38,39). The van der Waals surface area contributed by atoms with E-state index in [1.54, 1.807) is 27.0 Å². The van der Waals surface area contributed by atoms with Crippen LogP contribution in [0.15, 0.2) is 30.5 Å². The number of carboxylic acids is 1. The molecule has 9 N–H and O–H groups in total. The molecule has 214 valence electrons. The van der Waals surface area contributed by atoms with Gasteiger partial charge in [-0.1, -0.05) is 58.7 Å². The quantitative estimate of drug-likeness (QED) is 0.169. The summed E-state index contributed by atoms with van der Waals surface area (Å²) in [5.74, 6) is -4.78. The normalized spacial score (nSPS) is 15.8. The molecule has 0 saturated carbocycles. The Morgan fingerprint density at radius 2 is 1.49 bits per heavy atom. The third-order valence-corrected chi connectivity index (χ3v) is 7.11. The second kappa shape index (κ2) is 14.3. The number of nitrogens with two attached hydrogens (primary N) is 2. The van der Waals surface area contributed by atoms with Gasteiger partial charge in [0.15, 0.2) is 0 Å². The van der Waals surface area contributed by atoms with Crippen LogP contribution in [0.2, 0.25) is 0 Å². The van der Waals surface area contributed by atoms with Gasteiger partial charge < -0.3 is 37.5 Å². The molecule has 2 aromatic rings. The van der Waals surface area contributed by atoms with Crippen LogP contribution in [-0.4, -0.2) is 63.9 Å². The second-order valence-electron chi connectivity index (χ2n) is 9.98. The maximum Gasteiger partial charge on any atom is 0.326 e. The first kappa shape index (κ1) is 31.3. The van der Waals surface area contributed by atoms with Gasteiger partial charge in [-0.3, -0.25) is 19.2 Å². The smallest absolute Gasteiger partial charge is 0.326 e. The lowest BCUT2D eigenvalue weighted by Gasteiger charge is -2.27. The molecule has 1 aromatic heterocycles. The van der Waals surface area contributed by atoms with E-state index in [-0.39, 0.29) is 18.3 Å². The molecular weight excluding hydrogens is 504 g/mol. The molecule has 0 bridgehead atoms. The Kier molecular flexibility index (Phi) is 11.5. The summed E-state index contributed by atoms with van der Waals surface area (Å²) in [7, 11) is 0. The van der Waals surface area contributed by atoms with Crippen molar-refractivity contribution in [3.8, 4) is 0 Å². The molecule has 4 amide bonds. The van der Waals surface area contributed by atoms with Crippen molar-refractivity contribution in [3.63, 3.8) is 0 Å². The van der Waals surface area contributed by atoms with Crippen LogP contribution in [-0.2, 0) is 30.4 Å². The van der Waals surface area contributed by atoms with Crippen LogP contribution in [0, 0.1) is 11.8 Å². The van der Waals surface area contributed by atoms with Crippen molar-refractivity contribution in [2.45, 2.75) is 77.5 Å². The average molecular weight is 545 g/mol.